The molecule has 0 atom stereocenters. The summed E-state index contributed by atoms with van der Waals surface area (Å²) in [6.45, 7) is 1.58. The summed E-state index contributed by atoms with van der Waals surface area (Å²) >= 11 is 5.86. The molecule has 2 aromatic rings. The van der Waals surface area contributed by atoms with Gasteiger partial charge in [0.1, 0.15) is 0 Å². The topological polar surface area (TPSA) is 40.5 Å². The molecule has 2 rings (SSSR count). The highest BCUT2D eigenvalue weighted by Gasteiger charge is 2.04. The summed E-state index contributed by atoms with van der Waals surface area (Å²) < 4.78 is 0. The Balaban J connectivity index is 1.95. The number of nitrogens with zero attached hydrogens (tertiary/aromatic N) is 1. The molecule has 4 heteroatoms. The molecule has 0 aliphatic heterocycles. The van der Waals surface area contributed by atoms with Crippen LogP contribution in [0.2, 0.25) is 5.02 Å². The van der Waals surface area contributed by atoms with Gasteiger partial charge in [-0.1, -0.05) is 35.9 Å². The Morgan fingerprint density at radius 3 is 1.90 bits per heavy atom. The zero-order chi connectivity index (χ0) is 14.5. The zero-order valence-corrected chi connectivity index (χ0v) is 12.0. The van der Waals surface area contributed by atoms with Gasteiger partial charge in [-0.2, -0.15) is 0 Å². The van der Waals surface area contributed by atoms with Gasteiger partial charge in [-0.3, -0.25) is 4.90 Å². The fourth-order valence-corrected chi connectivity index (χ4v) is 2.15. The summed E-state index contributed by atoms with van der Waals surface area (Å²) in [7, 11) is 2.03. The quantitative estimate of drug-likeness (QED) is 0.913. The Morgan fingerprint density at radius 1 is 1.00 bits per heavy atom. The van der Waals surface area contributed by atoms with Crippen molar-refractivity contribution < 1.29 is 9.90 Å². The van der Waals surface area contributed by atoms with E-state index in [0.717, 1.165) is 23.7 Å². The lowest BCUT2D eigenvalue weighted by Crippen LogP contribution is -2.17. The maximum absolute atomic E-state index is 10.8. The minimum Gasteiger partial charge on any atom is -0.478 e. The smallest absolute Gasteiger partial charge is 0.335 e. The Labute approximate surface area is 123 Å². The average Bonchev–Trinajstić information content (AvgIpc) is 2.42. The minimum absolute atomic E-state index is 0.314. The predicted octanol–water partition coefficient (Wildman–Crippen LogP) is 3.67. The van der Waals surface area contributed by atoms with Crippen LogP contribution in [0.25, 0.3) is 0 Å². The first-order chi connectivity index (χ1) is 9.54. The van der Waals surface area contributed by atoms with Crippen LogP contribution < -0.4 is 0 Å². The number of hydrogen-bond donors (Lipinski definition) is 1. The van der Waals surface area contributed by atoms with E-state index in [9.17, 15) is 4.79 Å². The molecular formula is C16H16ClNO2. The second-order valence-electron chi connectivity index (χ2n) is 4.80. The van der Waals surface area contributed by atoms with Gasteiger partial charge in [0.05, 0.1) is 5.56 Å². The van der Waals surface area contributed by atoms with Crippen LogP contribution in [0.15, 0.2) is 48.5 Å². The summed E-state index contributed by atoms with van der Waals surface area (Å²) in [6.07, 6.45) is 0. The first-order valence-corrected chi connectivity index (χ1v) is 6.67. The Hall–Kier alpha value is -1.84. The number of halogens is 1. The number of rotatable bonds is 5. The van der Waals surface area contributed by atoms with Gasteiger partial charge >= 0.3 is 5.97 Å². The van der Waals surface area contributed by atoms with E-state index < -0.39 is 5.97 Å². The number of carboxylic acid groups (broad SMARTS) is 1. The lowest BCUT2D eigenvalue weighted by Gasteiger charge is -2.17. The molecule has 0 bridgehead atoms. The standard InChI is InChI=1S/C16H16ClNO2/c1-18(11-13-4-8-15(17)9-5-13)10-12-2-6-14(7-3-12)16(19)20/h2-9H,10-11H2,1H3,(H,19,20). The van der Waals surface area contributed by atoms with Crippen molar-refractivity contribution >= 4 is 17.6 Å². The molecule has 1 N–H and O–H groups in total. The molecule has 20 heavy (non-hydrogen) atoms. The molecular weight excluding hydrogens is 274 g/mol. The highest BCUT2D eigenvalue weighted by atomic mass is 35.5. The van der Waals surface area contributed by atoms with Crippen LogP contribution >= 0.6 is 11.6 Å². The van der Waals surface area contributed by atoms with Crippen LogP contribution in [0.5, 0.6) is 0 Å². The third-order valence-corrected chi connectivity index (χ3v) is 3.27. The summed E-state index contributed by atoms with van der Waals surface area (Å²) in [5.41, 5.74) is 2.60. The maximum Gasteiger partial charge on any atom is 0.335 e. The van der Waals surface area contributed by atoms with Crippen molar-refractivity contribution in [2.24, 2.45) is 0 Å². The van der Waals surface area contributed by atoms with Crippen LogP contribution in [0, 0.1) is 0 Å². The molecule has 3 nitrogen and oxygen atoms in total. The van der Waals surface area contributed by atoms with E-state index in [1.54, 1.807) is 12.1 Å². The van der Waals surface area contributed by atoms with E-state index in [1.807, 2.05) is 43.4 Å². The maximum atomic E-state index is 10.8. The first kappa shape index (κ1) is 14.6. The molecule has 2 aromatic carbocycles. The Morgan fingerprint density at radius 2 is 1.45 bits per heavy atom. The zero-order valence-electron chi connectivity index (χ0n) is 11.2. The molecule has 0 aliphatic rings. The normalized spacial score (nSPS) is 10.8. The van der Waals surface area contributed by atoms with Crippen molar-refractivity contribution in [3.63, 3.8) is 0 Å². The summed E-state index contributed by atoms with van der Waals surface area (Å²) in [6, 6.07) is 14.7. The fraction of sp³-hybridized carbons (Fsp3) is 0.188. The van der Waals surface area contributed by atoms with Crippen LogP contribution in [0.4, 0.5) is 0 Å². The molecule has 0 unspecified atom stereocenters. The molecule has 0 radical (unpaired) electrons. The highest BCUT2D eigenvalue weighted by Crippen LogP contribution is 2.13. The highest BCUT2D eigenvalue weighted by molar-refractivity contribution is 6.30. The molecule has 0 spiro atoms. The van der Waals surface area contributed by atoms with Gasteiger partial charge in [0.25, 0.3) is 0 Å². The SMILES string of the molecule is CN(Cc1ccc(Cl)cc1)Cc1ccc(C(=O)O)cc1. The van der Waals surface area contributed by atoms with Crippen LogP contribution in [0.1, 0.15) is 21.5 Å². The van der Waals surface area contributed by atoms with Crippen molar-refractivity contribution in [1.29, 1.82) is 0 Å². The van der Waals surface area contributed by atoms with Crippen molar-refractivity contribution in [1.82, 2.24) is 4.90 Å². The number of aromatic carboxylic acids is 1. The van der Waals surface area contributed by atoms with Gasteiger partial charge in [0, 0.05) is 18.1 Å². The molecule has 0 heterocycles. The molecule has 0 amide bonds. The molecule has 0 saturated carbocycles. The van der Waals surface area contributed by atoms with Crippen LogP contribution in [-0.4, -0.2) is 23.0 Å². The number of hydrogen-bond acceptors (Lipinski definition) is 2. The van der Waals surface area contributed by atoms with E-state index in [4.69, 9.17) is 16.7 Å². The van der Waals surface area contributed by atoms with E-state index in [0.29, 0.717) is 5.56 Å². The van der Waals surface area contributed by atoms with Gasteiger partial charge in [-0.05, 0) is 42.4 Å². The lowest BCUT2D eigenvalue weighted by atomic mass is 10.1. The molecule has 0 aliphatic carbocycles. The largest absolute Gasteiger partial charge is 0.478 e. The van der Waals surface area contributed by atoms with Crippen LogP contribution in [0.3, 0.4) is 0 Å². The monoisotopic (exact) mass is 289 g/mol. The minimum atomic E-state index is -0.897. The lowest BCUT2D eigenvalue weighted by molar-refractivity contribution is 0.0697. The summed E-state index contributed by atoms with van der Waals surface area (Å²) in [5, 5.41) is 9.59. The third-order valence-electron chi connectivity index (χ3n) is 3.02. The van der Waals surface area contributed by atoms with Crippen LogP contribution in [-0.2, 0) is 13.1 Å². The molecule has 0 saturated heterocycles. The van der Waals surface area contributed by atoms with Gasteiger partial charge < -0.3 is 5.11 Å². The summed E-state index contributed by atoms with van der Waals surface area (Å²) in [4.78, 5) is 12.9. The molecule has 0 aromatic heterocycles. The van der Waals surface area contributed by atoms with E-state index in [2.05, 4.69) is 4.90 Å². The van der Waals surface area contributed by atoms with Crippen molar-refractivity contribution in [2.75, 3.05) is 7.05 Å². The van der Waals surface area contributed by atoms with Crippen molar-refractivity contribution in [3.8, 4) is 0 Å². The van der Waals surface area contributed by atoms with Crippen molar-refractivity contribution in [2.45, 2.75) is 13.1 Å². The fourth-order valence-electron chi connectivity index (χ4n) is 2.02. The van der Waals surface area contributed by atoms with E-state index >= 15 is 0 Å². The number of benzene rings is 2. The number of carbonyl (C=O) groups is 1. The first-order valence-electron chi connectivity index (χ1n) is 6.30. The third kappa shape index (κ3) is 4.08. The van der Waals surface area contributed by atoms with Gasteiger partial charge in [-0.25, -0.2) is 4.79 Å². The predicted molar refractivity (Wildman–Crippen MR) is 80.0 cm³/mol. The second kappa shape index (κ2) is 6.55. The summed E-state index contributed by atoms with van der Waals surface area (Å²) in [5.74, 6) is -0.897. The van der Waals surface area contributed by atoms with Gasteiger partial charge in [-0.15, -0.1) is 0 Å². The second-order valence-corrected chi connectivity index (χ2v) is 5.24. The Bertz CT molecular complexity index is 578. The molecule has 104 valence electrons. The van der Waals surface area contributed by atoms with Gasteiger partial charge in [0.15, 0.2) is 0 Å². The van der Waals surface area contributed by atoms with E-state index in [1.165, 1.54) is 5.56 Å². The number of carboxylic acids is 1. The van der Waals surface area contributed by atoms with E-state index in [-0.39, 0.29) is 0 Å². The average molecular weight is 290 g/mol. The Kier molecular flexibility index (Phi) is 4.77. The van der Waals surface area contributed by atoms with Crippen molar-refractivity contribution in [3.05, 3.63) is 70.2 Å². The molecule has 0 fully saturated rings. The van der Waals surface area contributed by atoms with Gasteiger partial charge in [0.2, 0.25) is 0 Å².